The predicted octanol–water partition coefficient (Wildman–Crippen LogP) is 4.04. The van der Waals surface area contributed by atoms with Gasteiger partial charge in [-0.05, 0) is 48.4 Å². The lowest BCUT2D eigenvalue weighted by Gasteiger charge is -2.28. The van der Waals surface area contributed by atoms with Gasteiger partial charge in [-0.25, -0.2) is 8.78 Å². The molecule has 4 N–H and O–H groups in total. The number of hydrogen-bond acceptors (Lipinski definition) is 6. The number of aliphatic hydroxyl groups excluding tert-OH is 2. The molecular weight excluding hydrogens is 534 g/mol. The first kappa shape index (κ1) is 36.3. The van der Waals surface area contributed by atoms with Gasteiger partial charge in [0.25, 0.3) is 0 Å². The molecule has 0 aliphatic carbocycles. The quantitative estimate of drug-likeness (QED) is 0.247. The molecule has 0 bridgehead atoms. The Balaban J connectivity index is 2.78. The van der Waals surface area contributed by atoms with Crippen LogP contribution in [0.25, 0.3) is 0 Å². The topological polar surface area (TPSA) is 133 Å². The second kappa shape index (κ2) is 15.0. The standard InChI is InChI=1S/C31H48F2N2O6/c1-29(2,3)27(40)34-21(16-19-15-20(32)9-10-23(19)33)17-22(37)11-13-31(7,8)14-12-25(38)26(39)24(18-36)35-28(41)30(4,5)6/h9-10,15,21,24,26,36,39H,11-14,16-18H2,1-8H3,(H,34,40)(H,35,41)/t21-,24+,26-/m0/s1. The van der Waals surface area contributed by atoms with E-state index >= 15 is 0 Å². The molecule has 41 heavy (non-hydrogen) atoms. The number of hydrogen-bond donors (Lipinski definition) is 4. The lowest BCUT2D eigenvalue weighted by molar-refractivity contribution is -0.134. The predicted molar refractivity (Wildman–Crippen MR) is 153 cm³/mol. The molecule has 0 aromatic heterocycles. The van der Waals surface area contributed by atoms with Gasteiger partial charge in [-0.2, -0.15) is 0 Å². The number of carbonyl (C=O) groups excluding carboxylic acids is 4. The van der Waals surface area contributed by atoms with Gasteiger partial charge < -0.3 is 20.8 Å². The highest BCUT2D eigenvalue weighted by Gasteiger charge is 2.32. The number of halogens is 2. The van der Waals surface area contributed by atoms with Crippen molar-refractivity contribution in [2.75, 3.05) is 6.61 Å². The minimum absolute atomic E-state index is 0.0205. The number of carbonyl (C=O) groups is 4. The summed E-state index contributed by atoms with van der Waals surface area (Å²) in [5, 5.41) is 25.3. The monoisotopic (exact) mass is 582 g/mol. The number of aliphatic hydroxyl groups is 2. The Kier molecular flexibility index (Phi) is 13.2. The molecule has 0 saturated heterocycles. The third-order valence-corrected chi connectivity index (χ3v) is 7.00. The number of benzene rings is 1. The van der Waals surface area contributed by atoms with Crippen LogP contribution in [0.4, 0.5) is 8.78 Å². The molecule has 1 aromatic rings. The molecule has 1 aromatic carbocycles. The van der Waals surface area contributed by atoms with Gasteiger partial charge in [-0.15, -0.1) is 0 Å². The number of rotatable bonds is 15. The molecule has 0 aliphatic heterocycles. The highest BCUT2D eigenvalue weighted by molar-refractivity contribution is 5.86. The molecular formula is C31H48F2N2O6. The summed E-state index contributed by atoms with van der Waals surface area (Å²) in [6, 6.07) is 1.22. The number of nitrogens with one attached hydrogen (secondary N) is 2. The van der Waals surface area contributed by atoms with E-state index in [1.807, 2.05) is 13.8 Å². The number of Topliss-reactive ketones (excluding diaryl/α,β-unsaturated/α-hetero) is 2. The summed E-state index contributed by atoms with van der Waals surface area (Å²) in [6.45, 7) is 13.3. The van der Waals surface area contributed by atoms with E-state index < -0.39 is 64.4 Å². The van der Waals surface area contributed by atoms with E-state index in [1.165, 1.54) is 0 Å². The summed E-state index contributed by atoms with van der Waals surface area (Å²) in [5.41, 5.74) is -1.90. The molecule has 0 fully saturated rings. The van der Waals surface area contributed by atoms with Gasteiger partial charge in [0.15, 0.2) is 5.78 Å². The van der Waals surface area contributed by atoms with Crippen molar-refractivity contribution in [1.29, 1.82) is 0 Å². The Morgan fingerprint density at radius 1 is 0.854 bits per heavy atom. The highest BCUT2D eigenvalue weighted by Crippen LogP contribution is 2.29. The minimum atomic E-state index is -1.57. The zero-order chi connectivity index (χ0) is 31.8. The van der Waals surface area contributed by atoms with Crippen LogP contribution in [0.15, 0.2) is 18.2 Å². The molecule has 8 nitrogen and oxygen atoms in total. The van der Waals surface area contributed by atoms with E-state index in [0.717, 1.165) is 18.2 Å². The van der Waals surface area contributed by atoms with Crippen molar-refractivity contribution in [2.45, 2.75) is 112 Å². The summed E-state index contributed by atoms with van der Waals surface area (Å²) in [5.74, 6) is -2.66. The van der Waals surface area contributed by atoms with E-state index in [-0.39, 0.29) is 42.9 Å². The molecule has 3 atom stereocenters. The van der Waals surface area contributed by atoms with Crippen molar-refractivity contribution in [3.8, 4) is 0 Å². The third kappa shape index (κ3) is 12.8. The van der Waals surface area contributed by atoms with Gasteiger partial charge in [0, 0.05) is 36.1 Å². The Bertz CT molecular complexity index is 1080. The van der Waals surface area contributed by atoms with E-state index in [4.69, 9.17) is 0 Å². The third-order valence-electron chi connectivity index (χ3n) is 7.00. The fourth-order valence-corrected chi connectivity index (χ4v) is 3.96. The zero-order valence-corrected chi connectivity index (χ0v) is 25.7. The molecule has 0 aliphatic rings. The summed E-state index contributed by atoms with van der Waals surface area (Å²) in [6.07, 6.45) is -0.819. The first-order valence-electron chi connectivity index (χ1n) is 14.1. The van der Waals surface area contributed by atoms with Crippen LogP contribution in [0.5, 0.6) is 0 Å². The average Bonchev–Trinajstić information content (AvgIpc) is 2.85. The van der Waals surface area contributed by atoms with Crippen molar-refractivity contribution < 1.29 is 38.2 Å². The number of amides is 2. The first-order chi connectivity index (χ1) is 18.7. The van der Waals surface area contributed by atoms with Crippen LogP contribution in [-0.2, 0) is 25.6 Å². The summed E-state index contributed by atoms with van der Waals surface area (Å²) < 4.78 is 28.0. The van der Waals surface area contributed by atoms with Crippen LogP contribution < -0.4 is 10.6 Å². The Labute approximate surface area is 242 Å². The number of ketones is 2. The normalized spacial score (nSPS) is 14.6. The fourth-order valence-electron chi connectivity index (χ4n) is 3.96. The van der Waals surface area contributed by atoms with Crippen molar-refractivity contribution in [3.05, 3.63) is 35.4 Å². The lowest BCUT2D eigenvalue weighted by atomic mass is 9.80. The van der Waals surface area contributed by atoms with Gasteiger partial charge in [-0.1, -0.05) is 55.4 Å². The van der Waals surface area contributed by atoms with Gasteiger partial charge in [0.05, 0.1) is 12.6 Å². The van der Waals surface area contributed by atoms with Gasteiger partial charge in [0.2, 0.25) is 11.8 Å². The molecule has 1 rings (SSSR count). The van der Waals surface area contributed by atoms with Gasteiger partial charge in [-0.3, -0.25) is 19.2 Å². The van der Waals surface area contributed by atoms with Crippen LogP contribution in [0, 0.1) is 27.9 Å². The summed E-state index contributed by atoms with van der Waals surface area (Å²) in [7, 11) is 0. The van der Waals surface area contributed by atoms with Crippen LogP contribution in [-0.4, -0.2) is 58.4 Å². The zero-order valence-electron chi connectivity index (χ0n) is 25.7. The van der Waals surface area contributed by atoms with Crippen LogP contribution >= 0.6 is 0 Å². The molecule has 0 radical (unpaired) electrons. The maximum atomic E-state index is 14.3. The molecule has 0 heterocycles. The van der Waals surface area contributed by atoms with Crippen LogP contribution in [0.2, 0.25) is 0 Å². The average molecular weight is 583 g/mol. The minimum Gasteiger partial charge on any atom is -0.394 e. The van der Waals surface area contributed by atoms with Gasteiger partial charge >= 0.3 is 0 Å². The summed E-state index contributed by atoms with van der Waals surface area (Å²) in [4.78, 5) is 50.4. The smallest absolute Gasteiger partial charge is 0.225 e. The Morgan fingerprint density at radius 3 is 1.93 bits per heavy atom. The molecule has 10 heteroatoms. The lowest BCUT2D eigenvalue weighted by Crippen LogP contribution is -2.52. The van der Waals surface area contributed by atoms with Gasteiger partial charge in [0.1, 0.15) is 23.5 Å². The van der Waals surface area contributed by atoms with Crippen molar-refractivity contribution in [3.63, 3.8) is 0 Å². The molecule has 2 amide bonds. The summed E-state index contributed by atoms with van der Waals surface area (Å²) >= 11 is 0. The van der Waals surface area contributed by atoms with Crippen LogP contribution in [0.3, 0.4) is 0 Å². The SMILES string of the molecule is CC(C)(CCC(=O)C[C@H](Cc1cc(F)ccc1F)NC(=O)C(C)(C)C)CCC(=O)[C@@H](O)[C@@H](CO)NC(=O)C(C)(C)C. The van der Waals surface area contributed by atoms with Crippen molar-refractivity contribution in [1.82, 2.24) is 10.6 Å². The van der Waals surface area contributed by atoms with E-state index in [9.17, 15) is 38.2 Å². The fraction of sp³-hybridized carbons (Fsp3) is 0.677. The molecule has 0 spiro atoms. The van der Waals surface area contributed by atoms with E-state index in [0.29, 0.717) is 12.8 Å². The first-order valence-corrected chi connectivity index (χ1v) is 14.1. The maximum Gasteiger partial charge on any atom is 0.225 e. The second-order valence-electron chi connectivity index (χ2n) is 13.7. The van der Waals surface area contributed by atoms with Crippen molar-refractivity contribution >= 4 is 23.4 Å². The van der Waals surface area contributed by atoms with Crippen LogP contribution in [0.1, 0.15) is 93.1 Å². The van der Waals surface area contributed by atoms with Crippen molar-refractivity contribution in [2.24, 2.45) is 16.2 Å². The molecule has 0 unspecified atom stereocenters. The second-order valence-corrected chi connectivity index (χ2v) is 13.7. The highest BCUT2D eigenvalue weighted by atomic mass is 19.1. The molecule has 232 valence electrons. The van der Waals surface area contributed by atoms with E-state index in [1.54, 1.807) is 41.5 Å². The largest absolute Gasteiger partial charge is 0.394 e. The maximum absolute atomic E-state index is 14.3. The van der Waals surface area contributed by atoms with E-state index in [2.05, 4.69) is 10.6 Å². The molecule has 0 saturated carbocycles. The Hall–Kier alpha value is -2.72. The Morgan fingerprint density at radius 2 is 1.39 bits per heavy atom.